The number of carbonyl (C=O) groups is 1. The Labute approximate surface area is 152 Å². The Balaban J connectivity index is 1.64. The number of hydrogen-bond acceptors (Lipinski definition) is 3. The molecule has 3 aromatic rings. The molecule has 0 aliphatic rings. The fourth-order valence-corrected chi connectivity index (χ4v) is 2.68. The van der Waals surface area contributed by atoms with Gasteiger partial charge in [0.2, 0.25) is 0 Å². The smallest absolute Gasteiger partial charge is 0.258 e. The highest BCUT2D eigenvalue weighted by Gasteiger charge is 2.08. The fraction of sp³-hybridized carbons (Fsp3) is 0.238. The molecular weight excluding hydrogens is 328 g/mol. The number of benzene rings is 2. The van der Waals surface area contributed by atoms with Crippen molar-refractivity contribution in [1.29, 1.82) is 0 Å². The third-order valence-corrected chi connectivity index (χ3v) is 4.40. The van der Waals surface area contributed by atoms with E-state index in [0.29, 0.717) is 11.3 Å². The van der Waals surface area contributed by atoms with Gasteiger partial charge in [-0.1, -0.05) is 17.7 Å². The fourth-order valence-electron chi connectivity index (χ4n) is 2.68. The zero-order chi connectivity index (χ0) is 18.7. The monoisotopic (exact) mass is 350 g/mol. The van der Waals surface area contributed by atoms with E-state index in [9.17, 15) is 9.59 Å². The average Bonchev–Trinajstić information content (AvgIpc) is 2.61. The Morgan fingerprint density at radius 3 is 2.46 bits per heavy atom. The zero-order valence-electron chi connectivity index (χ0n) is 15.2. The average molecular weight is 350 g/mol. The third kappa shape index (κ3) is 4.11. The summed E-state index contributed by atoms with van der Waals surface area (Å²) in [6.45, 7) is 6.10. The molecule has 5 heteroatoms. The summed E-state index contributed by atoms with van der Waals surface area (Å²) in [7, 11) is 0. The van der Waals surface area contributed by atoms with E-state index in [1.165, 1.54) is 0 Å². The van der Waals surface area contributed by atoms with Crippen molar-refractivity contribution in [3.63, 3.8) is 0 Å². The van der Waals surface area contributed by atoms with Crippen LogP contribution in [0.25, 0.3) is 10.9 Å². The summed E-state index contributed by atoms with van der Waals surface area (Å²) in [6, 6.07) is 13.3. The number of hydrogen-bond donors (Lipinski definition) is 2. The molecule has 0 spiro atoms. The van der Waals surface area contributed by atoms with Crippen LogP contribution in [-0.4, -0.2) is 17.5 Å². The van der Waals surface area contributed by atoms with E-state index in [0.717, 1.165) is 27.6 Å². The van der Waals surface area contributed by atoms with Gasteiger partial charge in [-0.2, -0.15) is 0 Å². The number of rotatable bonds is 5. The summed E-state index contributed by atoms with van der Waals surface area (Å²) < 4.78 is 5.44. The van der Waals surface area contributed by atoms with Gasteiger partial charge in [-0.15, -0.1) is 0 Å². The third-order valence-electron chi connectivity index (χ3n) is 4.40. The lowest BCUT2D eigenvalue weighted by atomic mass is 10.1. The minimum absolute atomic E-state index is 0.0904. The van der Waals surface area contributed by atoms with Crippen LogP contribution in [0, 0.1) is 20.8 Å². The van der Waals surface area contributed by atoms with Crippen molar-refractivity contribution in [2.24, 2.45) is 0 Å². The molecule has 1 amide bonds. The lowest BCUT2D eigenvalue weighted by molar-refractivity contribution is -0.123. The summed E-state index contributed by atoms with van der Waals surface area (Å²) >= 11 is 0. The molecule has 0 aliphatic heterocycles. The van der Waals surface area contributed by atoms with E-state index in [2.05, 4.69) is 10.3 Å². The lowest BCUT2D eigenvalue weighted by Crippen LogP contribution is -2.30. The molecule has 3 rings (SSSR count). The van der Waals surface area contributed by atoms with Gasteiger partial charge in [0.1, 0.15) is 5.75 Å². The van der Waals surface area contributed by atoms with E-state index in [1.54, 1.807) is 0 Å². The van der Waals surface area contributed by atoms with Crippen LogP contribution in [-0.2, 0) is 11.3 Å². The number of pyridine rings is 1. The van der Waals surface area contributed by atoms with Crippen molar-refractivity contribution in [2.45, 2.75) is 27.3 Å². The predicted octanol–water partition coefficient (Wildman–Crippen LogP) is 3.15. The summed E-state index contributed by atoms with van der Waals surface area (Å²) in [5, 5.41) is 3.68. The molecule has 2 aromatic carbocycles. The van der Waals surface area contributed by atoms with Crippen LogP contribution in [0.4, 0.5) is 0 Å². The molecule has 26 heavy (non-hydrogen) atoms. The number of amides is 1. The van der Waals surface area contributed by atoms with Gasteiger partial charge in [-0.25, -0.2) is 0 Å². The van der Waals surface area contributed by atoms with Crippen molar-refractivity contribution in [3.05, 3.63) is 75.1 Å². The van der Waals surface area contributed by atoms with Crippen LogP contribution in [0.15, 0.2) is 47.3 Å². The van der Waals surface area contributed by atoms with Crippen molar-refractivity contribution < 1.29 is 9.53 Å². The number of nitrogens with one attached hydrogen (secondary N) is 2. The highest BCUT2D eigenvalue weighted by atomic mass is 16.5. The normalized spacial score (nSPS) is 10.7. The van der Waals surface area contributed by atoms with Crippen LogP contribution in [0.3, 0.4) is 0 Å². The minimum Gasteiger partial charge on any atom is -0.484 e. The quantitative estimate of drug-likeness (QED) is 0.742. The first kappa shape index (κ1) is 17.7. The highest BCUT2D eigenvalue weighted by molar-refractivity contribution is 5.81. The molecule has 0 radical (unpaired) electrons. The molecule has 1 aromatic heterocycles. The summed E-state index contributed by atoms with van der Waals surface area (Å²) in [4.78, 5) is 27.1. The molecule has 134 valence electrons. The van der Waals surface area contributed by atoms with Crippen LogP contribution in [0.1, 0.15) is 22.3 Å². The Kier molecular flexibility index (Phi) is 5.07. The van der Waals surface area contributed by atoms with Crippen molar-refractivity contribution >= 4 is 16.8 Å². The molecule has 0 unspecified atom stereocenters. The molecule has 1 heterocycles. The number of aryl methyl sites for hydroxylation is 3. The van der Waals surface area contributed by atoms with Gasteiger partial charge < -0.3 is 15.0 Å². The zero-order valence-corrected chi connectivity index (χ0v) is 15.2. The second-order valence-corrected chi connectivity index (χ2v) is 6.53. The molecule has 0 bridgehead atoms. The summed E-state index contributed by atoms with van der Waals surface area (Å²) in [5.41, 5.74) is 4.54. The van der Waals surface area contributed by atoms with E-state index < -0.39 is 0 Å². The molecule has 0 aliphatic carbocycles. The maximum atomic E-state index is 12.2. The maximum Gasteiger partial charge on any atom is 0.258 e. The first-order valence-corrected chi connectivity index (χ1v) is 8.52. The molecule has 5 nitrogen and oxygen atoms in total. The molecule has 0 saturated heterocycles. The van der Waals surface area contributed by atoms with E-state index in [-0.39, 0.29) is 24.6 Å². The highest BCUT2D eigenvalue weighted by Crippen LogP contribution is 2.17. The number of aromatic nitrogens is 1. The number of carbonyl (C=O) groups excluding carboxylic acids is 1. The van der Waals surface area contributed by atoms with Crippen molar-refractivity contribution in [3.8, 4) is 5.75 Å². The molecule has 0 fully saturated rings. The Morgan fingerprint density at radius 2 is 1.73 bits per heavy atom. The van der Waals surface area contributed by atoms with E-state index in [4.69, 9.17) is 4.74 Å². The van der Waals surface area contributed by atoms with Gasteiger partial charge in [0.05, 0.1) is 0 Å². The number of aromatic amines is 1. The summed E-state index contributed by atoms with van der Waals surface area (Å²) in [5.74, 6) is 0.366. The van der Waals surface area contributed by atoms with Gasteiger partial charge in [0.25, 0.3) is 11.5 Å². The summed E-state index contributed by atoms with van der Waals surface area (Å²) in [6.07, 6.45) is 0. The Morgan fingerprint density at radius 1 is 1.04 bits per heavy atom. The van der Waals surface area contributed by atoms with Crippen LogP contribution in [0.2, 0.25) is 0 Å². The van der Waals surface area contributed by atoms with Crippen molar-refractivity contribution in [2.75, 3.05) is 6.61 Å². The molecule has 2 N–H and O–H groups in total. The topological polar surface area (TPSA) is 71.2 Å². The molecule has 0 saturated carbocycles. The largest absolute Gasteiger partial charge is 0.484 e. The van der Waals surface area contributed by atoms with Gasteiger partial charge >= 0.3 is 0 Å². The second kappa shape index (κ2) is 7.44. The Bertz CT molecular complexity index is 1000. The number of H-pyrrole nitrogens is 1. The van der Waals surface area contributed by atoms with Gasteiger partial charge in [-0.3, -0.25) is 9.59 Å². The van der Waals surface area contributed by atoms with Crippen LogP contribution in [0.5, 0.6) is 5.75 Å². The van der Waals surface area contributed by atoms with E-state index >= 15 is 0 Å². The Hall–Kier alpha value is -3.08. The second-order valence-electron chi connectivity index (χ2n) is 6.53. The van der Waals surface area contributed by atoms with Gasteiger partial charge in [0.15, 0.2) is 6.61 Å². The SMILES string of the molecule is Cc1ccc(OCC(=O)NCc2cc3cc(C)c(C)cc3[nH]c2=O)cc1. The predicted molar refractivity (Wildman–Crippen MR) is 103 cm³/mol. The maximum absolute atomic E-state index is 12.2. The first-order chi connectivity index (χ1) is 12.4. The van der Waals surface area contributed by atoms with Gasteiger partial charge in [0, 0.05) is 17.6 Å². The van der Waals surface area contributed by atoms with Crippen LogP contribution < -0.4 is 15.6 Å². The van der Waals surface area contributed by atoms with E-state index in [1.807, 2.05) is 63.2 Å². The van der Waals surface area contributed by atoms with Gasteiger partial charge in [-0.05, 0) is 67.6 Å². The standard InChI is InChI=1S/C21H22N2O3/c1-13-4-6-18(7-5-13)26-12-20(24)22-11-17-10-16-8-14(2)15(3)9-19(16)23-21(17)25/h4-10H,11-12H2,1-3H3,(H,22,24)(H,23,25). The lowest BCUT2D eigenvalue weighted by Gasteiger charge is -2.09. The minimum atomic E-state index is -0.273. The van der Waals surface area contributed by atoms with Crippen molar-refractivity contribution in [1.82, 2.24) is 10.3 Å². The molecular formula is C21H22N2O3. The first-order valence-electron chi connectivity index (χ1n) is 8.52. The number of fused-ring (bicyclic) bond motifs is 1. The molecule has 0 atom stereocenters. The van der Waals surface area contributed by atoms with Crippen LogP contribution >= 0.6 is 0 Å². The number of ether oxygens (including phenoxy) is 1.